The number of nitrogens with one attached hydrogen (secondary N) is 1. The van der Waals surface area contributed by atoms with Gasteiger partial charge in [0.05, 0.1) is 10.9 Å². The van der Waals surface area contributed by atoms with Gasteiger partial charge in [0.25, 0.3) is 0 Å². The normalized spacial score (nSPS) is 16.7. The molecule has 1 atom stereocenters. The van der Waals surface area contributed by atoms with Crippen LogP contribution < -0.4 is 5.32 Å². The zero-order valence-corrected chi connectivity index (χ0v) is 18.9. The number of benzene rings is 1. The predicted octanol–water partition coefficient (Wildman–Crippen LogP) is 4.00. The first kappa shape index (κ1) is 21.8. The molecule has 0 bridgehead atoms. The highest BCUT2D eigenvalue weighted by Gasteiger charge is 2.30. The van der Waals surface area contributed by atoms with Crippen LogP contribution in [0.15, 0.2) is 40.6 Å². The molecule has 8 heteroatoms. The van der Waals surface area contributed by atoms with Crippen molar-refractivity contribution in [3.8, 4) is 0 Å². The lowest BCUT2D eigenvalue weighted by Crippen LogP contribution is -2.44. The Morgan fingerprint density at radius 2 is 1.86 bits per heavy atom. The van der Waals surface area contributed by atoms with E-state index in [0.29, 0.717) is 19.6 Å². The molecule has 1 aliphatic rings. The summed E-state index contributed by atoms with van der Waals surface area (Å²) in [7, 11) is -3.46. The highest BCUT2D eigenvalue weighted by atomic mass is 32.2. The van der Waals surface area contributed by atoms with E-state index >= 15 is 0 Å². The summed E-state index contributed by atoms with van der Waals surface area (Å²) >= 11 is 1.77. The largest absolute Gasteiger partial charge is 0.334 e. The molecule has 2 aromatic rings. The van der Waals surface area contributed by atoms with Crippen LogP contribution in [0.3, 0.4) is 0 Å². The Hall–Kier alpha value is -1.90. The summed E-state index contributed by atoms with van der Waals surface area (Å²) in [4.78, 5) is 16.4. The van der Waals surface area contributed by atoms with Gasteiger partial charge in [-0.2, -0.15) is 4.31 Å². The second-order valence-corrected chi connectivity index (χ2v) is 10.00. The molecule has 1 aliphatic heterocycles. The van der Waals surface area contributed by atoms with Crippen LogP contribution in [-0.2, 0) is 23.0 Å². The summed E-state index contributed by atoms with van der Waals surface area (Å²) in [6, 6.07) is 8.93. The van der Waals surface area contributed by atoms with Gasteiger partial charge in [-0.15, -0.1) is 11.3 Å². The lowest BCUT2D eigenvalue weighted by atomic mass is 9.98. The third kappa shape index (κ3) is 4.49. The van der Waals surface area contributed by atoms with Crippen LogP contribution in [0.1, 0.15) is 49.2 Å². The molecule has 158 valence electrons. The summed E-state index contributed by atoms with van der Waals surface area (Å²) in [5.74, 6) is 0. The van der Waals surface area contributed by atoms with Crippen LogP contribution >= 0.6 is 11.3 Å². The summed E-state index contributed by atoms with van der Waals surface area (Å²) in [6.07, 6.45) is 1.78. The fraction of sp³-hybridized carbons (Fsp3) is 0.476. The number of hydrogen-bond donors (Lipinski definition) is 1. The Kier molecular flexibility index (Phi) is 6.97. The summed E-state index contributed by atoms with van der Waals surface area (Å²) in [5, 5.41) is 5.09. The average molecular weight is 436 g/mol. The van der Waals surface area contributed by atoms with E-state index in [2.05, 4.69) is 23.7 Å². The Morgan fingerprint density at radius 3 is 2.48 bits per heavy atom. The van der Waals surface area contributed by atoms with Gasteiger partial charge in [0.1, 0.15) is 0 Å². The number of amides is 2. The maximum Gasteiger partial charge on any atom is 0.318 e. The molecule has 1 aromatic heterocycles. The molecule has 3 rings (SSSR count). The van der Waals surface area contributed by atoms with E-state index in [4.69, 9.17) is 0 Å². The van der Waals surface area contributed by atoms with Crippen molar-refractivity contribution in [1.82, 2.24) is 14.5 Å². The van der Waals surface area contributed by atoms with E-state index in [0.717, 1.165) is 24.9 Å². The van der Waals surface area contributed by atoms with Crippen molar-refractivity contribution >= 4 is 27.4 Å². The van der Waals surface area contributed by atoms with E-state index in [9.17, 15) is 13.2 Å². The number of fused-ring (bicyclic) bond motifs is 1. The van der Waals surface area contributed by atoms with Gasteiger partial charge in [0.2, 0.25) is 10.0 Å². The standard InChI is InChI=1S/C21H29N3O3S2/c1-4-19-18-12-14-28-20(18)11-13-24(19)21(25)22-15-16-7-9-17(10-8-16)29(26,27)23(5-2)6-3/h7-10,12,14,19H,4-6,11,13,15H2,1-3H3,(H,22,25). The van der Waals surface area contributed by atoms with E-state index < -0.39 is 10.0 Å². The fourth-order valence-corrected chi connectivity index (χ4v) is 6.24. The molecule has 0 saturated heterocycles. The molecule has 0 aliphatic carbocycles. The van der Waals surface area contributed by atoms with Crippen molar-refractivity contribution in [2.24, 2.45) is 0 Å². The zero-order valence-electron chi connectivity index (χ0n) is 17.2. The maximum atomic E-state index is 12.8. The van der Waals surface area contributed by atoms with Crippen LogP contribution in [0.25, 0.3) is 0 Å². The van der Waals surface area contributed by atoms with Gasteiger partial charge in [0, 0.05) is 31.1 Å². The highest BCUT2D eigenvalue weighted by molar-refractivity contribution is 7.89. The first-order valence-corrected chi connectivity index (χ1v) is 12.4. The quantitative estimate of drug-likeness (QED) is 0.715. The number of carbonyl (C=O) groups is 1. The monoisotopic (exact) mass is 435 g/mol. The first-order valence-electron chi connectivity index (χ1n) is 10.1. The van der Waals surface area contributed by atoms with Crippen LogP contribution in [-0.4, -0.2) is 43.3 Å². The van der Waals surface area contributed by atoms with Gasteiger partial charge < -0.3 is 10.2 Å². The summed E-state index contributed by atoms with van der Waals surface area (Å²) in [5.41, 5.74) is 2.14. The SMILES string of the molecule is CCC1c2ccsc2CCN1C(=O)NCc1ccc(S(=O)(=O)N(CC)CC)cc1. The van der Waals surface area contributed by atoms with Gasteiger partial charge in [-0.3, -0.25) is 0 Å². The van der Waals surface area contributed by atoms with Crippen molar-refractivity contribution < 1.29 is 13.2 Å². The number of hydrogen-bond acceptors (Lipinski definition) is 4. The molecule has 0 fully saturated rings. The number of rotatable bonds is 7. The average Bonchev–Trinajstić information content (AvgIpc) is 3.21. The van der Waals surface area contributed by atoms with Crippen molar-refractivity contribution in [3.63, 3.8) is 0 Å². The van der Waals surface area contributed by atoms with Crippen molar-refractivity contribution in [2.45, 2.75) is 51.1 Å². The van der Waals surface area contributed by atoms with Crippen LogP contribution in [0.4, 0.5) is 4.79 Å². The van der Waals surface area contributed by atoms with Crippen molar-refractivity contribution in [3.05, 3.63) is 51.7 Å². The van der Waals surface area contributed by atoms with Gasteiger partial charge in [-0.25, -0.2) is 13.2 Å². The maximum absolute atomic E-state index is 12.8. The Morgan fingerprint density at radius 1 is 1.17 bits per heavy atom. The second kappa shape index (κ2) is 9.28. The Balaban J connectivity index is 1.64. The molecular formula is C21H29N3O3S2. The summed E-state index contributed by atoms with van der Waals surface area (Å²) in [6.45, 7) is 7.73. The third-order valence-electron chi connectivity index (χ3n) is 5.45. The molecule has 6 nitrogen and oxygen atoms in total. The van der Waals surface area contributed by atoms with Gasteiger partial charge in [0.15, 0.2) is 0 Å². The van der Waals surface area contributed by atoms with E-state index in [1.807, 2.05) is 18.7 Å². The Labute approximate surface area is 177 Å². The predicted molar refractivity (Wildman–Crippen MR) is 117 cm³/mol. The highest BCUT2D eigenvalue weighted by Crippen LogP contribution is 2.35. The molecular weight excluding hydrogens is 406 g/mol. The van der Waals surface area contributed by atoms with E-state index in [-0.39, 0.29) is 17.0 Å². The Bertz CT molecular complexity index is 934. The second-order valence-electron chi connectivity index (χ2n) is 7.06. The van der Waals surface area contributed by atoms with Gasteiger partial charge in [-0.1, -0.05) is 32.9 Å². The molecule has 29 heavy (non-hydrogen) atoms. The number of carbonyl (C=O) groups excluding carboxylic acids is 1. The first-order chi connectivity index (χ1) is 13.9. The minimum Gasteiger partial charge on any atom is -0.334 e. The van der Waals surface area contributed by atoms with Crippen LogP contribution in [0.5, 0.6) is 0 Å². The van der Waals surface area contributed by atoms with Crippen molar-refractivity contribution in [1.29, 1.82) is 0 Å². The third-order valence-corrected chi connectivity index (χ3v) is 8.51. The minimum atomic E-state index is -3.46. The van der Waals surface area contributed by atoms with Crippen LogP contribution in [0.2, 0.25) is 0 Å². The molecule has 1 N–H and O–H groups in total. The molecule has 0 saturated carbocycles. The fourth-order valence-electron chi connectivity index (χ4n) is 3.85. The number of urea groups is 1. The van der Waals surface area contributed by atoms with Gasteiger partial charge in [-0.05, 0) is 47.5 Å². The number of nitrogens with zero attached hydrogens (tertiary/aromatic N) is 2. The molecule has 2 amide bonds. The number of sulfonamides is 1. The van der Waals surface area contributed by atoms with Crippen LogP contribution in [0, 0.1) is 0 Å². The zero-order chi connectivity index (χ0) is 21.0. The minimum absolute atomic E-state index is 0.0754. The van der Waals surface area contributed by atoms with E-state index in [1.165, 1.54) is 14.7 Å². The lowest BCUT2D eigenvalue weighted by Gasteiger charge is -2.35. The number of thiophene rings is 1. The topological polar surface area (TPSA) is 69.7 Å². The molecule has 1 unspecified atom stereocenters. The molecule has 0 radical (unpaired) electrons. The van der Waals surface area contributed by atoms with E-state index in [1.54, 1.807) is 35.6 Å². The molecule has 2 heterocycles. The smallest absolute Gasteiger partial charge is 0.318 e. The van der Waals surface area contributed by atoms with Crippen molar-refractivity contribution in [2.75, 3.05) is 19.6 Å². The van der Waals surface area contributed by atoms with Gasteiger partial charge >= 0.3 is 6.03 Å². The summed E-state index contributed by atoms with van der Waals surface area (Å²) < 4.78 is 26.6. The molecule has 1 aromatic carbocycles. The molecule has 0 spiro atoms. The lowest BCUT2D eigenvalue weighted by molar-refractivity contribution is 0.167.